The van der Waals surface area contributed by atoms with Gasteiger partial charge >= 0.3 is 0 Å². The van der Waals surface area contributed by atoms with Gasteiger partial charge < -0.3 is 15.5 Å². The van der Waals surface area contributed by atoms with Crippen LogP contribution in [0.2, 0.25) is 0 Å². The lowest BCUT2D eigenvalue weighted by Gasteiger charge is -2.34. The molecule has 2 amide bonds. The molecule has 3 rings (SSSR count). The first-order valence-electron chi connectivity index (χ1n) is 8.15. The molecular weight excluding hydrogens is 344 g/mol. The summed E-state index contributed by atoms with van der Waals surface area (Å²) in [6, 6.07) is 7.52. The van der Waals surface area contributed by atoms with Gasteiger partial charge in [-0.3, -0.25) is 9.59 Å². The normalized spacial score (nSPS) is 22.4. The molecule has 0 saturated carbocycles. The monoisotopic (exact) mass is 366 g/mol. The summed E-state index contributed by atoms with van der Waals surface area (Å²) in [5, 5.41) is 0. The first-order chi connectivity index (χ1) is 11.8. The maximum Gasteiger partial charge on any atom is 0.227 e. The van der Waals surface area contributed by atoms with E-state index < -0.39 is 21.8 Å². The molecule has 1 aromatic carbocycles. The molecule has 0 aliphatic carbocycles. The van der Waals surface area contributed by atoms with E-state index in [1.54, 1.807) is 4.90 Å². The van der Waals surface area contributed by atoms with Crippen LogP contribution in [-0.4, -0.2) is 63.5 Å². The van der Waals surface area contributed by atoms with Crippen LogP contribution in [0.15, 0.2) is 24.3 Å². The largest absolute Gasteiger partial charge is 0.369 e. The number of hydrogen-bond acceptors (Lipinski definition) is 5. The Labute approximate surface area is 147 Å². The van der Waals surface area contributed by atoms with E-state index in [2.05, 4.69) is 4.90 Å². The third kappa shape index (κ3) is 3.77. The predicted molar refractivity (Wildman–Crippen MR) is 94.7 cm³/mol. The minimum atomic E-state index is -3.14. The van der Waals surface area contributed by atoms with E-state index in [4.69, 9.17) is 5.73 Å². The Morgan fingerprint density at radius 3 is 2.12 bits per heavy atom. The van der Waals surface area contributed by atoms with Gasteiger partial charge in [0.15, 0.2) is 0 Å². The maximum atomic E-state index is 12.1. The fourth-order valence-electron chi connectivity index (χ4n) is 3.27. The van der Waals surface area contributed by atoms with Crippen LogP contribution >= 0.6 is 0 Å². The number of carbonyl (C=O) groups excluding carboxylic acids is 2. The summed E-state index contributed by atoms with van der Waals surface area (Å²) < 4.78 is 24.6. The zero-order valence-corrected chi connectivity index (χ0v) is 14.9. The SMILES string of the molecule is CS(=O)(=O)N1CCN(c2ccc(N3CC(C(N)=O)CC3=O)cc2)CC1. The Morgan fingerprint density at radius 2 is 1.64 bits per heavy atom. The van der Waals surface area contributed by atoms with Gasteiger partial charge in [0.2, 0.25) is 21.8 Å². The Morgan fingerprint density at radius 1 is 1.08 bits per heavy atom. The van der Waals surface area contributed by atoms with Crippen molar-refractivity contribution in [2.24, 2.45) is 11.7 Å². The number of primary amides is 1. The highest BCUT2D eigenvalue weighted by molar-refractivity contribution is 7.88. The molecule has 0 bridgehead atoms. The molecule has 2 N–H and O–H groups in total. The second kappa shape index (κ2) is 6.64. The van der Waals surface area contributed by atoms with Gasteiger partial charge in [0, 0.05) is 50.5 Å². The van der Waals surface area contributed by atoms with Crippen molar-refractivity contribution in [3.8, 4) is 0 Å². The molecule has 1 aromatic rings. The number of piperazine rings is 1. The van der Waals surface area contributed by atoms with Crippen molar-refractivity contribution in [1.82, 2.24) is 4.31 Å². The molecule has 0 aromatic heterocycles. The molecule has 2 fully saturated rings. The maximum absolute atomic E-state index is 12.1. The average molecular weight is 366 g/mol. The van der Waals surface area contributed by atoms with Crippen LogP contribution < -0.4 is 15.5 Å². The van der Waals surface area contributed by atoms with E-state index in [0.717, 1.165) is 11.4 Å². The van der Waals surface area contributed by atoms with Gasteiger partial charge in [0.25, 0.3) is 0 Å². The molecule has 0 radical (unpaired) electrons. The zero-order valence-electron chi connectivity index (χ0n) is 14.1. The van der Waals surface area contributed by atoms with Gasteiger partial charge in [-0.2, -0.15) is 4.31 Å². The van der Waals surface area contributed by atoms with E-state index >= 15 is 0 Å². The Balaban J connectivity index is 1.66. The number of hydrogen-bond donors (Lipinski definition) is 1. The van der Waals surface area contributed by atoms with Gasteiger partial charge in [-0.25, -0.2) is 8.42 Å². The van der Waals surface area contributed by atoms with E-state index in [0.29, 0.717) is 32.7 Å². The minimum Gasteiger partial charge on any atom is -0.369 e. The third-order valence-corrected chi connectivity index (χ3v) is 6.06. The van der Waals surface area contributed by atoms with Crippen LogP contribution in [0.1, 0.15) is 6.42 Å². The van der Waals surface area contributed by atoms with Crippen LogP contribution in [0.25, 0.3) is 0 Å². The molecule has 136 valence electrons. The standard InChI is InChI=1S/C16H22N4O4S/c1-25(23,24)19-8-6-18(7-9-19)13-2-4-14(5-3-13)20-11-12(16(17)22)10-15(20)21/h2-5,12H,6-11H2,1H3,(H2,17,22). The summed E-state index contributed by atoms with van der Waals surface area (Å²) >= 11 is 0. The fourth-order valence-corrected chi connectivity index (χ4v) is 4.10. The van der Waals surface area contributed by atoms with Gasteiger partial charge in [0.1, 0.15) is 0 Å². The first kappa shape index (κ1) is 17.7. The summed E-state index contributed by atoms with van der Waals surface area (Å²) in [6.45, 7) is 2.50. The van der Waals surface area contributed by atoms with Crippen molar-refractivity contribution >= 4 is 33.2 Å². The molecule has 9 heteroatoms. The fraction of sp³-hybridized carbons (Fsp3) is 0.500. The smallest absolute Gasteiger partial charge is 0.227 e. The summed E-state index contributed by atoms with van der Waals surface area (Å²) in [6.07, 6.45) is 1.38. The number of benzene rings is 1. The van der Waals surface area contributed by atoms with Gasteiger partial charge in [-0.1, -0.05) is 0 Å². The summed E-state index contributed by atoms with van der Waals surface area (Å²) in [4.78, 5) is 27.0. The molecule has 2 saturated heterocycles. The highest BCUT2D eigenvalue weighted by Crippen LogP contribution is 2.27. The lowest BCUT2D eigenvalue weighted by atomic mass is 10.1. The van der Waals surface area contributed by atoms with E-state index in [1.807, 2.05) is 24.3 Å². The van der Waals surface area contributed by atoms with Crippen molar-refractivity contribution in [3.05, 3.63) is 24.3 Å². The average Bonchev–Trinajstić information content (AvgIpc) is 2.96. The molecule has 1 atom stereocenters. The zero-order chi connectivity index (χ0) is 18.2. The molecule has 2 heterocycles. The lowest BCUT2D eigenvalue weighted by molar-refractivity contribution is -0.123. The Hall–Kier alpha value is -2.13. The quantitative estimate of drug-likeness (QED) is 0.781. The Bertz CT molecular complexity index is 770. The second-order valence-electron chi connectivity index (χ2n) is 6.47. The molecule has 1 unspecified atom stereocenters. The van der Waals surface area contributed by atoms with Crippen LogP contribution in [0, 0.1) is 5.92 Å². The number of nitrogens with zero attached hydrogens (tertiary/aromatic N) is 3. The van der Waals surface area contributed by atoms with Crippen molar-refractivity contribution in [2.45, 2.75) is 6.42 Å². The number of anilines is 2. The van der Waals surface area contributed by atoms with Crippen LogP contribution in [0.3, 0.4) is 0 Å². The van der Waals surface area contributed by atoms with Crippen molar-refractivity contribution in [3.63, 3.8) is 0 Å². The third-order valence-electron chi connectivity index (χ3n) is 4.76. The first-order valence-corrected chi connectivity index (χ1v) is 10.0. The van der Waals surface area contributed by atoms with Crippen LogP contribution in [0.4, 0.5) is 11.4 Å². The van der Waals surface area contributed by atoms with Gasteiger partial charge in [0.05, 0.1) is 12.2 Å². The molecule has 0 spiro atoms. The summed E-state index contributed by atoms with van der Waals surface area (Å²) in [5.41, 5.74) is 7.02. The topological polar surface area (TPSA) is 104 Å². The molecule has 2 aliphatic rings. The van der Waals surface area contributed by atoms with Crippen LogP contribution in [-0.2, 0) is 19.6 Å². The van der Waals surface area contributed by atoms with Gasteiger partial charge in [-0.05, 0) is 24.3 Å². The highest BCUT2D eigenvalue weighted by Gasteiger charge is 2.34. The van der Waals surface area contributed by atoms with Gasteiger partial charge in [-0.15, -0.1) is 0 Å². The molecule has 8 nitrogen and oxygen atoms in total. The second-order valence-corrected chi connectivity index (χ2v) is 8.46. The lowest BCUT2D eigenvalue weighted by Crippen LogP contribution is -2.48. The van der Waals surface area contributed by atoms with E-state index in [1.165, 1.54) is 10.6 Å². The van der Waals surface area contributed by atoms with Crippen molar-refractivity contribution < 1.29 is 18.0 Å². The summed E-state index contributed by atoms with van der Waals surface area (Å²) in [7, 11) is -3.14. The highest BCUT2D eigenvalue weighted by atomic mass is 32.2. The van der Waals surface area contributed by atoms with Crippen molar-refractivity contribution in [1.29, 1.82) is 0 Å². The minimum absolute atomic E-state index is 0.0988. The molecule has 25 heavy (non-hydrogen) atoms. The van der Waals surface area contributed by atoms with E-state index in [-0.39, 0.29) is 12.3 Å². The number of amides is 2. The Kier molecular flexibility index (Phi) is 4.70. The number of nitrogens with two attached hydrogens (primary N) is 1. The number of sulfonamides is 1. The molecular formula is C16H22N4O4S. The predicted octanol–water partition coefficient (Wildman–Crippen LogP) is -0.394. The molecule has 2 aliphatic heterocycles. The van der Waals surface area contributed by atoms with Crippen LogP contribution in [0.5, 0.6) is 0 Å². The van der Waals surface area contributed by atoms with E-state index in [9.17, 15) is 18.0 Å². The number of rotatable bonds is 4. The number of carbonyl (C=O) groups is 2. The van der Waals surface area contributed by atoms with Crippen molar-refractivity contribution in [2.75, 3.05) is 48.8 Å². The summed E-state index contributed by atoms with van der Waals surface area (Å²) in [5.74, 6) is -0.981.